The summed E-state index contributed by atoms with van der Waals surface area (Å²) in [6, 6.07) is 9.96. The highest BCUT2D eigenvalue weighted by Crippen LogP contribution is 2.30. The number of aromatic amines is 1. The van der Waals surface area contributed by atoms with Crippen LogP contribution in [0.5, 0.6) is 0 Å². The number of aliphatic hydroxyl groups excluding tert-OH is 1. The Morgan fingerprint density at radius 2 is 1.86 bits per heavy atom. The highest BCUT2D eigenvalue weighted by atomic mass is 16.3. The summed E-state index contributed by atoms with van der Waals surface area (Å²) in [6.07, 6.45) is 8.36. The molecule has 4 rings (SSSR count). The minimum absolute atomic E-state index is 0.370. The third-order valence-corrected chi connectivity index (χ3v) is 5.67. The van der Waals surface area contributed by atoms with Crippen molar-refractivity contribution in [2.75, 3.05) is 6.61 Å². The standard InChI is InChI=1S/C19H26N2O/c22-12-13-5-7-14(8-6-13)20-15-9-10-19-17(11-15)16-3-1-2-4-18(16)21-19/h1-4,13-15,20-22H,5-12H2. The Kier molecular flexibility index (Phi) is 3.93. The van der Waals surface area contributed by atoms with E-state index >= 15 is 0 Å². The molecule has 0 radical (unpaired) electrons. The largest absolute Gasteiger partial charge is 0.396 e. The smallest absolute Gasteiger partial charge is 0.0459 e. The SMILES string of the molecule is OCC1CCC(NC2CCc3[nH]c4ccccc4c3C2)CC1. The lowest BCUT2D eigenvalue weighted by atomic mass is 9.85. The fraction of sp³-hybridized carbons (Fsp3) is 0.579. The van der Waals surface area contributed by atoms with E-state index in [1.54, 1.807) is 0 Å². The average Bonchev–Trinajstić information content (AvgIpc) is 2.94. The van der Waals surface area contributed by atoms with E-state index in [0.717, 1.165) is 12.8 Å². The van der Waals surface area contributed by atoms with E-state index in [1.807, 2.05) is 0 Å². The molecule has 1 saturated carbocycles. The van der Waals surface area contributed by atoms with Crippen LogP contribution >= 0.6 is 0 Å². The van der Waals surface area contributed by atoms with Crippen LogP contribution in [0.4, 0.5) is 0 Å². The fourth-order valence-corrected chi connectivity index (χ4v) is 4.36. The molecule has 1 atom stereocenters. The fourth-order valence-electron chi connectivity index (χ4n) is 4.36. The summed E-state index contributed by atoms with van der Waals surface area (Å²) in [4.78, 5) is 3.60. The van der Waals surface area contributed by atoms with Gasteiger partial charge in [-0.25, -0.2) is 0 Å². The maximum absolute atomic E-state index is 9.26. The van der Waals surface area contributed by atoms with Gasteiger partial charge in [-0.05, 0) is 62.5 Å². The minimum Gasteiger partial charge on any atom is -0.396 e. The van der Waals surface area contributed by atoms with Gasteiger partial charge in [-0.15, -0.1) is 0 Å². The summed E-state index contributed by atoms with van der Waals surface area (Å²) in [7, 11) is 0. The summed E-state index contributed by atoms with van der Waals surface area (Å²) in [5.41, 5.74) is 4.27. The molecule has 22 heavy (non-hydrogen) atoms. The zero-order chi connectivity index (χ0) is 14.9. The van der Waals surface area contributed by atoms with Gasteiger partial charge in [0.2, 0.25) is 0 Å². The van der Waals surface area contributed by atoms with E-state index in [-0.39, 0.29) is 0 Å². The van der Waals surface area contributed by atoms with Crippen LogP contribution < -0.4 is 5.32 Å². The van der Waals surface area contributed by atoms with Crippen LogP contribution in [-0.2, 0) is 12.8 Å². The number of hydrogen-bond acceptors (Lipinski definition) is 2. The molecule has 118 valence electrons. The summed E-state index contributed by atoms with van der Waals surface area (Å²) in [5, 5.41) is 14.6. The van der Waals surface area contributed by atoms with Crippen molar-refractivity contribution < 1.29 is 5.11 Å². The number of H-pyrrole nitrogens is 1. The topological polar surface area (TPSA) is 48.0 Å². The summed E-state index contributed by atoms with van der Waals surface area (Å²) in [5.74, 6) is 0.546. The number of fused-ring (bicyclic) bond motifs is 3. The van der Waals surface area contributed by atoms with Crippen molar-refractivity contribution in [2.45, 2.75) is 57.0 Å². The number of aromatic nitrogens is 1. The van der Waals surface area contributed by atoms with Gasteiger partial charge in [-0.3, -0.25) is 0 Å². The molecule has 1 aromatic heterocycles. The molecular formula is C19H26N2O. The van der Waals surface area contributed by atoms with Crippen molar-refractivity contribution in [1.29, 1.82) is 0 Å². The molecule has 0 amide bonds. The van der Waals surface area contributed by atoms with E-state index in [2.05, 4.69) is 34.6 Å². The van der Waals surface area contributed by atoms with Gasteiger partial charge >= 0.3 is 0 Å². The van der Waals surface area contributed by atoms with Crippen LogP contribution in [-0.4, -0.2) is 28.8 Å². The molecule has 3 heteroatoms. The summed E-state index contributed by atoms with van der Waals surface area (Å²) < 4.78 is 0. The van der Waals surface area contributed by atoms with Crippen LogP contribution in [0, 0.1) is 5.92 Å². The number of nitrogens with one attached hydrogen (secondary N) is 2. The van der Waals surface area contributed by atoms with Crippen LogP contribution in [0.3, 0.4) is 0 Å². The highest BCUT2D eigenvalue weighted by molar-refractivity contribution is 5.84. The van der Waals surface area contributed by atoms with Gasteiger partial charge in [0, 0.05) is 35.3 Å². The molecule has 1 fully saturated rings. The first-order valence-electron chi connectivity index (χ1n) is 8.79. The molecule has 2 aliphatic rings. The number of para-hydroxylation sites is 1. The minimum atomic E-state index is 0.370. The molecule has 0 bridgehead atoms. The number of aryl methyl sites for hydroxylation is 1. The Morgan fingerprint density at radius 1 is 1.05 bits per heavy atom. The maximum atomic E-state index is 9.26. The Balaban J connectivity index is 1.44. The van der Waals surface area contributed by atoms with Crippen LogP contribution in [0.2, 0.25) is 0 Å². The second-order valence-electron chi connectivity index (χ2n) is 7.13. The van der Waals surface area contributed by atoms with Crippen molar-refractivity contribution in [3.63, 3.8) is 0 Å². The van der Waals surface area contributed by atoms with Crippen molar-refractivity contribution in [3.05, 3.63) is 35.5 Å². The molecular weight excluding hydrogens is 272 g/mol. The van der Waals surface area contributed by atoms with Crippen LogP contribution in [0.15, 0.2) is 24.3 Å². The molecule has 0 spiro atoms. The Bertz CT molecular complexity index is 640. The highest BCUT2D eigenvalue weighted by Gasteiger charge is 2.26. The lowest BCUT2D eigenvalue weighted by Crippen LogP contribution is -2.43. The zero-order valence-electron chi connectivity index (χ0n) is 13.1. The first kappa shape index (κ1) is 14.3. The predicted octanol–water partition coefficient (Wildman–Crippen LogP) is 3.17. The van der Waals surface area contributed by atoms with E-state index in [1.165, 1.54) is 54.3 Å². The zero-order valence-corrected chi connectivity index (χ0v) is 13.1. The second-order valence-corrected chi connectivity index (χ2v) is 7.13. The molecule has 1 aromatic carbocycles. The van der Waals surface area contributed by atoms with Gasteiger partial charge in [0.05, 0.1) is 0 Å². The van der Waals surface area contributed by atoms with Crippen molar-refractivity contribution in [1.82, 2.24) is 10.3 Å². The van der Waals surface area contributed by atoms with Gasteiger partial charge in [0.15, 0.2) is 0 Å². The van der Waals surface area contributed by atoms with Gasteiger partial charge in [0.1, 0.15) is 0 Å². The number of rotatable bonds is 3. The van der Waals surface area contributed by atoms with Crippen LogP contribution in [0.1, 0.15) is 43.4 Å². The quantitative estimate of drug-likeness (QED) is 0.815. The molecule has 2 aromatic rings. The van der Waals surface area contributed by atoms with Gasteiger partial charge in [-0.2, -0.15) is 0 Å². The van der Waals surface area contributed by atoms with Crippen molar-refractivity contribution in [2.24, 2.45) is 5.92 Å². The molecule has 3 N–H and O–H groups in total. The number of benzene rings is 1. The van der Waals surface area contributed by atoms with Gasteiger partial charge in [-0.1, -0.05) is 18.2 Å². The molecule has 2 aliphatic carbocycles. The Hall–Kier alpha value is -1.32. The Morgan fingerprint density at radius 3 is 2.68 bits per heavy atom. The molecule has 0 saturated heterocycles. The molecule has 3 nitrogen and oxygen atoms in total. The first-order chi connectivity index (χ1) is 10.8. The van der Waals surface area contributed by atoms with E-state index in [4.69, 9.17) is 0 Å². The van der Waals surface area contributed by atoms with Crippen molar-refractivity contribution >= 4 is 10.9 Å². The normalized spacial score (nSPS) is 28.7. The summed E-state index contributed by atoms with van der Waals surface area (Å²) >= 11 is 0. The van der Waals surface area contributed by atoms with Crippen LogP contribution in [0.25, 0.3) is 10.9 Å². The lowest BCUT2D eigenvalue weighted by Gasteiger charge is -2.33. The van der Waals surface area contributed by atoms with Gasteiger partial charge < -0.3 is 15.4 Å². The molecule has 1 heterocycles. The lowest BCUT2D eigenvalue weighted by molar-refractivity contribution is 0.170. The van der Waals surface area contributed by atoms with E-state index < -0.39 is 0 Å². The maximum Gasteiger partial charge on any atom is 0.0459 e. The average molecular weight is 298 g/mol. The summed E-state index contributed by atoms with van der Waals surface area (Å²) in [6.45, 7) is 0.370. The predicted molar refractivity (Wildman–Crippen MR) is 90.1 cm³/mol. The van der Waals surface area contributed by atoms with E-state index in [9.17, 15) is 5.11 Å². The third-order valence-electron chi connectivity index (χ3n) is 5.67. The third kappa shape index (κ3) is 2.68. The molecule has 0 aliphatic heterocycles. The van der Waals surface area contributed by atoms with Crippen molar-refractivity contribution in [3.8, 4) is 0 Å². The number of aliphatic hydroxyl groups is 1. The second kappa shape index (κ2) is 6.05. The van der Waals surface area contributed by atoms with E-state index in [0.29, 0.717) is 24.6 Å². The first-order valence-corrected chi connectivity index (χ1v) is 8.79. The number of hydrogen-bond donors (Lipinski definition) is 3. The van der Waals surface area contributed by atoms with Gasteiger partial charge in [0.25, 0.3) is 0 Å². The Labute approximate surface area is 132 Å². The molecule has 1 unspecified atom stereocenters. The monoisotopic (exact) mass is 298 g/mol.